The zero-order valence-electron chi connectivity index (χ0n) is 7.21. The molecule has 0 saturated heterocycles. The van der Waals surface area contributed by atoms with Gasteiger partial charge in [0.05, 0.1) is 0 Å². The molecular formula is C9H16ClNO. The van der Waals surface area contributed by atoms with Gasteiger partial charge < -0.3 is 5.73 Å². The van der Waals surface area contributed by atoms with Crippen LogP contribution in [0, 0.1) is 5.41 Å². The normalized spacial score (nSPS) is 40.4. The highest BCUT2D eigenvalue weighted by atomic mass is 35.5. The maximum absolute atomic E-state index is 11.3. The molecule has 0 radical (unpaired) electrons. The Bertz CT molecular complexity index is 185. The number of carbonyl (C=O) groups is 1. The minimum atomic E-state index is 0. The van der Waals surface area contributed by atoms with Crippen LogP contribution < -0.4 is 5.73 Å². The van der Waals surface area contributed by atoms with Crippen LogP contribution in [0.3, 0.4) is 0 Å². The molecule has 2 aliphatic carbocycles. The summed E-state index contributed by atoms with van der Waals surface area (Å²) < 4.78 is 0. The number of nitrogens with two attached hydrogens (primary N) is 1. The molecular weight excluding hydrogens is 174 g/mol. The van der Waals surface area contributed by atoms with Crippen LogP contribution >= 0.6 is 12.4 Å². The van der Waals surface area contributed by atoms with E-state index in [1.165, 1.54) is 0 Å². The van der Waals surface area contributed by atoms with Crippen molar-refractivity contribution in [1.29, 1.82) is 0 Å². The molecule has 0 atom stereocenters. The molecule has 1 spiro atoms. The molecule has 2 aliphatic rings. The van der Waals surface area contributed by atoms with Crippen molar-refractivity contribution < 1.29 is 4.79 Å². The summed E-state index contributed by atoms with van der Waals surface area (Å²) in [7, 11) is 0. The first-order chi connectivity index (χ1) is 5.23. The number of hydrogen-bond donors (Lipinski definition) is 1. The molecule has 0 heterocycles. The van der Waals surface area contributed by atoms with E-state index in [1.807, 2.05) is 0 Å². The second-order valence-corrected chi connectivity index (χ2v) is 4.04. The molecule has 2 saturated carbocycles. The molecule has 0 aromatic rings. The highest BCUT2D eigenvalue weighted by Gasteiger charge is 2.46. The van der Waals surface area contributed by atoms with Gasteiger partial charge in [0.25, 0.3) is 0 Å². The zero-order valence-corrected chi connectivity index (χ0v) is 8.03. The van der Waals surface area contributed by atoms with Gasteiger partial charge in [0.1, 0.15) is 5.78 Å². The molecule has 0 bridgehead atoms. The Labute approximate surface area is 79.3 Å². The fraction of sp³-hybridized carbons (Fsp3) is 0.889. The van der Waals surface area contributed by atoms with Crippen LogP contribution in [-0.2, 0) is 4.79 Å². The monoisotopic (exact) mass is 189 g/mol. The van der Waals surface area contributed by atoms with Crippen LogP contribution in [0.1, 0.15) is 38.5 Å². The van der Waals surface area contributed by atoms with Crippen molar-refractivity contribution >= 4 is 18.2 Å². The van der Waals surface area contributed by atoms with Gasteiger partial charge in [-0.1, -0.05) is 0 Å². The standard InChI is InChI=1S/C9H15NO.ClH/c10-7-1-4-9(5-2-7)6-3-8(9)11;/h7H,1-6,10H2;1H. The second-order valence-electron chi connectivity index (χ2n) is 4.04. The van der Waals surface area contributed by atoms with E-state index in [0.717, 1.165) is 38.5 Å². The third-order valence-corrected chi connectivity index (χ3v) is 3.41. The largest absolute Gasteiger partial charge is 0.328 e. The summed E-state index contributed by atoms with van der Waals surface area (Å²) in [6.45, 7) is 0. The topological polar surface area (TPSA) is 43.1 Å². The predicted octanol–water partition coefficient (Wildman–Crippen LogP) is 1.66. The van der Waals surface area contributed by atoms with E-state index in [2.05, 4.69) is 0 Å². The first-order valence-electron chi connectivity index (χ1n) is 4.52. The second kappa shape index (κ2) is 3.35. The van der Waals surface area contributed by atoms with Crippen molar-refractivity contribution in [3.8, 4) is 0 Å². The van der Waals surface area contributed by atoms with E-state index >= 15 is 0 Å². The van der Waals surface area contributed by atoms with Crippen molar-refractivity contribution in [3.05, 3.63) is 0 Å². The van der Waals surface area contributed by atoms with E-state index in [1.54, 1.807) is 0 Å². The zero-order chi connectivity index (χ0) is 7.90. The van der Waals surface area contributed by atoms with E-state index in [4.69, 9.17) is 5.73 Å². The van der Waals surface area contributed by atoms with Gasteiger partial charge in [-0.25, -0.2) is 0 Å². The summed E-state index contributed by atoms with van der Waals surface area (Å²) in [6.07, 6.45) is 6.21. The van der Waals surface area contributed by atoms with Crippen molar-refractivity contribution in [2.45, 2.75) is 44.6 Å². The summed E-state index contributed by atoms with van der Waals surface area (Å²) in [5, 5.41) is 0. The van der Waals surface area contributed by atoms with E-state index in [0.29, 0.717) is 11.8 Å². The molecule has 2 nitrogen and oxygen atoms in total. The van der Waals surface area contributed by atoms with Gasteiger partial charge in [-0.05, 0) is 32.1 Å². The third-order valence-electron chi connectivity index (χ3n) is 3.41. The quantitative estimate of drug-likeness (QED) is 0.630. The van der Waals surface area contributed by atoms with Crippen LogP contribution in [0.15, 0.2) is 0 Å². The van der Waals surface area contributed by atoms with Crippen LogP contribution in [0.4, 0.5) is 0 Å². The lowest BCUT2D eigenvalue weighted by Gasteiger charge is -2.44. The first kappa shape index (κ1) is 10.0. The highest BCUT2D eigenvalue weighted by Crippen LogP contribution is 2.48. The van der Waals surface area contributed by atoms with Gasteiger partial charge in [0.15, 0.2) is 0 Å². The van der Waals surface area contributed by atoms with Crippen LogP contribution in [0.25, 0.3) is 0 Å². The van der Waals surface area contributed by atoms with Gasteiger partial charge in [-0.2, -0.15) is 0 Å². The van der Waals surface area contributed by atoms with E-state index in [9.17, 15) is 4.79 Å². The molecule has 12 heavy (non-hydrogen) atoms. The minimum absolute atomic E-state index is 0. The molecule has 2 fully saturated rings. The van der Waals surface area contributed by atoms with Gasteiger partial charge in [0, 0.05) is 17.9 Å². The Morgan fingerprint density at radius 1 is 1.25 bits per heavy atom. The number of hydrogen-bond acceptors (Lipinski definition) is 2. The third kappa shape index (κ3) is 1.38. The fourth-order valence-electron chi connectivity index (χ4n) is 2.30. The number of carbonyl (C=O) groups excluding carboxylic acids is 1. The van der Waals surface area contributed by atoms with Gasteiger partial charge in [-0.15, -0.1) is 12.4 Å². The Morgan fingerprint density at radius 3 is 2.17 bits per heavy atom. The number of rotatable bonds is 0. The van der Waals surface area contributed by atoms with Crippen molar-refractivity contribution in [3.63, 3.8) is 0 Å². The van der Waals surface area contributed by atoms with Crippen molar-refractivity contribution in [2.24, 2.45) is 11.1 Å². The van der Waals surface area contributed by atoms with Crippen molar-refractivity contribution in [2.75, 3.05) is 0 Å². The van der Waals surface area contributed by atoms with E-state index in [-0.39, 0.29) is 17.8 Å². The molecule has 3 heteroatoms. The Hall–Kier alpha value is -0.0800. The van der Waals surface area contributed by atoms with Crippen molar-refractivity contribution in [1.82, 2.24) is 0 Å². The highest BCUT2D eigenvalue weighted by molar-refractivity contribution is 5.90. The smallest absolute Gasteiger partial charge is 0.139 e. The van der Waals surface area contributed by atoms with Crippen LogP contribution in [-0.4, -0.2) is 11.8 Å². The molecule has 0 aromatic carbocycles. The number of ketones is 1. The Balaban J connectivity index is 0.000000720. The first-order valence-corrected chi connectivity index (χ1v) is 4.52. The van der Waals surface area contributed by atoms with Gasteiger partial charge in [-0.3, -0.25) is 4.79 Å². The molecule has 0 unspecified atom stereocenters. The molecule has 0 aromatic heterocycles. The summed E-state index contributed by atoms with van der Waals surface area (Å²) in [5.74, 6) is 0.504. The Kier molecular flexibility index (Phi) is 2.79. The fourth-order valence-corrected chi connectivity index (χ4v) is 2.30. The molecule has 70 valence electrons. The van der Waals surface area contributed by atoms with Crippen LogP contribution in [0.2, 0.25) is 0 Å². The average molecular weight is 190 g/mol. The minimum Gasteiger partial charge on any atom is -0.328 e. The summed E-state index contributed by atoms with van der Waals surface area (Å²) in [4.78, 5) is 11.3. The molecule has 0 amide bonds. The summed E-state index contributed by atoms with van der Waals surface area (Å²) in [5.41, 5.74) is 5.89. The lowest BCUT2D eigenvalue weighted by atomic mass is 9.59. The Morgan fingerprint density at radius 2 is 1.83 bits per heavy atom. The summed E-state index contributed by atoms with van der Waals surface area (Å²) >= 11 is 0. The molecule has 2 N–H and O–H groups in total. The number of Topliss-reactive ketones (excluding diaryl/α,β-unsaturated/α-hetero) is 1. The average Bonchev–Trinajstić information content (AvgIpc) is 2.03. The lowest BCUT2D eigenvalue weighted by Crippen LogP contribution is -2.45. The predicted molar refractivity (Wildman–Crippen MR) is 50.4 cm³/mol. The molecule has 0 aliphatic heterocycles. The number of halogens is 1. The maximum Gasteiger partial charge on any atom is 0.139 e. The maximum atomic E-state index is 11.3. The van der Waals surface area contributed by atoms with Gasteiger partial charge in [0.2, 0.25) is 0 Å². The van der Waals surface area contributed by atoms with Gasteiger partial charge >= 0.3 is 0 Å². The summed E-state index contributed by atoms with van der Waals surface area (Å²) in [6, 6.07) is 0.369. The van der Waals surface area contributed by atoms with Crippen LogP contribution in [0.5, 0.6) is 0 Å². The lowest BCUT2D eigenvalue weighted by molar-refractivity contribution is -0.140. The molecule has 2 rings (SSSR count). The van der Waals surface area contributed by atoms with E-state index < -0.39 is 0 Å². The SMILES string of the molecule is Cl.NC1CCC2(CCC2=O)CC1.